The lowest BCUT2D eigenvalue weighted by Crippen LogP contribution is -2.35. The van der Waals surface area contributed by atoms with Gasteiger partial charge in [-0.05, 0) is 25.8 Å². The molecule has 1 aliphatic heterocycles. The summed E-state index contributed by atoms with van der Waals surface area (Å²) in [6.45, 7) is 2.76. The van der Waals surface area contributed by atoms with Crippen LogP contribution < -0.4 is 5.32 Å². The third-order valence-corrected chi connectivity index (χ3v) is 4.37. The van der Waals surface area contributed by atoms with Crippen LogP contribution in [-0.2, 0) is 9.84 Å². The van der Waals surface area contributed by atoms with Crippen LogP contribution in [0.2, 0.25) is 0 Å². The van der Waals surface area contributed by atoms with Crippen molar-refractivity contribution in [1.82, 2.24) is 5.32 Å². The van der Waals surface area contributed by atoms with E-state index in [-0.39, 0.29) is 5.75 Å². The highest BCUT2D eigenvalue weighted by atomic mass is 32.2. The maximum absolute atomic E-state index is 11.2. The predicted molar refractivity (Wildman–Crippen MR) is 54.6 cm³/mol. The molecular formula is C9H19NO2S. The molecule has 13 heavy (non-hydrogen) atoms. The molecule has 1 saturated heterocycles. The SMILES string of the molecule is CCS(=O)(=O)CC[C@H]1CCCCN1. The Morgan fingerprint density at radius 3 is 2.69 bits per heavy atom. The van der Waals surface area contributed by atoms with Gasteiger partial charge in [-0.2, -0.15) is 0 Å². The van der Waals surface area contributed by atoms with Crippen molar-refractivity contribution in [2.24, 2.45) is 0 Å². The molecule has 1 N–H and O–H groups in total. The quantitative estimate of drug-likeness (QED) is 0.743. The van der Waals surface area contributed by atoms with Crippen molar-refractivity contribution >= 4 is 9.84 Å². The van der Waals surface area contributed by atoms with Gasteiger partial charge in [0.25, 0.3) is 0 Å². The summed E-state index contributed by atoms with van der Waals surface area (Å²) in [6.07, 6.45) is 4.40. The molecule has 0 aromatic rings. The zero-order valence-electron chi connectivity index (χ0n) is 8.25. The Kier molecular flexibility index (Phi) is 4.19. The van der Waals surface area contributed by atoms with Gasteiger partial charge in [0.15, 0.2) is 0 Å². The van der Waals surface area contributed by atoms with E-state index < -0.39 is 9.84 Å². The van der Waals surface area contributed by atoms with Crippen LogP contribution in [0.25, 0.3) is 0 Å². The van der Waals surface area contributed by atoms with Crippen molar-refractivity contribution in [1.29, 1.82) is 0 Å². The molecule has 3 nitrogen and oxygen atoms in total. The molecule has 0 aromatic heterocycles. The van der Waals surface area contributed by atoms with Gasteiger partial charge < -0.3 is 5.32 Å². The molecule has 0 spiro atoms. The molecule has 78 valence electrons. The summed E-state index contributed by atoms with van der Waals surface area (Å²) < 4.78 is 22.4. The zero-order valence-corrected chi connectivity index (χ0v) is 9.07. The third-order valence-electron chi connectivity index (χ3n) is 2.63. The van der Waals surface area contributed by atoms with Crippen LogP contribution >= 0.6 is 0 Å². The Balaban J connectivity index is 2.25. The van der Waals surface area contributed by atoms with Crippen molar-refractivity contribution in [3.63, 3.8) is 0 Å². The number of piperidine rings is 1. The Labute approximate surface area is 80.8 Å². The topological polar surface area (TPSA) is 46.2 Å². The fourth-order valence-corrected chi connectivity index (χ4v) is 2.57. The highest BCUT2D eigenvalue weighted by Gasteiger charge is 2.15. The van der Waals surface area contributed by atoms with Crippen LogP contribution in [0.3, 0.4) is 0 Å². The molecule has 0 aliphatic carbocycles. The van der Waals surface area contributed by atoms with Gasteiger partial charge in [-0.3, -0.25) is 0 Å². The smallest absolute Gasteiger partial charge is 0.150 e. The largest absolute Gasteiger partial charge is 0.314 e. The normalized spacial score (nSPS) is 24.5. The maximum atomic E-state index is 11.2. The molecule has 1 atom stereocenters. The first-order valence-electron chi connectivity index (χ1n) is 5.08. The average Bonchev–Trinajstić information content (AvgIpc) is 2.17. The highest BCUT2D eigenvalue weighted by Crippen LogP contribution is 2.11. The first-order chi connectivity index (χ1) is 6.14. The monoisotopic (exact) mass is 205 g/mol. The number of rotatable bonds is 4. The van der Waals surface area contributed by atoms with Crippen molar-refractivity contribution in [2.75, 3.05) is 18.1 Å². The molecule has 1 rings (SSSR count). The van der Waals surface area contributed by atoms with Gasteiger partial charge >= 0.3 is 0 Å². The molecule has 0 unspecified atom stereocenters. The van der Waals surface area contributed by atoms with Gasteiger partial charge in [-0.1, -0.05) is 13.3 Å². The van der Waals surface area contributed by atoms with E-state index in [9.17, 15) is 8.42 Å². The lowest BCUT2D eigenvalue weighted by atomic mass is 10.0. The van der Waals surface area contributed by atoms with Crippen LogP contribution in [-0.4, -0.2) is 32.5 Å². The van der Waals surface area contributed by atoms with Crippen molar-refractivity contribution in [2.45, 2.75) is 38.6 Å². The second-order valence-corrected chi connectivity index (χ2v) is 6.14. The van der Waals surface area contributed by atoms with Crippen molar-refractivity contribution in [3.8, 4) is 0 Å². The van der Waals surface area contributed by atoms with E-state index in [0.29, 0.717) is 11.8 Å². The molecule has 1 fully saturated rings. The molecular weight excluding hydrogens is 186 g/mol. The summed E-state index contributed by atoms with van der Waals surface area (Å²) in [4.78, 5) is 0. The summed E-state index contributed by atoms with van der Waals surface area (Å²) >= 11 is 0. The van der Waals surface area contributed by atoms with E-state index in [1.807, 2.05) is 0 Å². The van der Waals surface area contributed by atoms with E-state index >= 15 is 0 Å². The summed E-state index contributed by atoms with van der Waals surface area (Å²) in [6, 6.07) is 0.440. The molecule has 0 aromatic carbocycles. The van der Waals surface area contributed by atoms with Crippen molar-refractivity contribution < 1.29 is 8.42 Å². The predicted octanol–water partition coefficient (Wildman–Crippen LogP) is 0.953. The minimum absolute atomic E-state index is 0.278. The Morgan fingerprint density at radius 1 is 1.38 bits per heavy atom. The Bertz CT molecular complexity index is 230. The number of nitrogens with one attached hydrogen (secondary N) is 1. The summed E-state index contributed by atoms with van der Waals surface area (Å²) in [5.41, 5.74) is 0. The van der Waals surface area contributed by atoms with Crippen molar-refractivity contribution in [3.05, 3.63) is 0 Å². The van der Waals surface area contributed by atoms with Crippen LogP contribution in [0.1, 0.15) is 32.6 Å². The van der Waals surface area contributed by atoms with E-state index in [4.69, 9.17) is 0 Å². The van der Waals surface area contributed by atoms with Gasteiger partial charge in [0.05, 0.1) is 5.75 Å². The van der Waals surface area contributed by atoms with Gasteiger partial charge in [-0.25, -0.2) is 8.42 Å². The minimum Gasteiger partial charge on any atom is -0.314 e. The van der Waals surface area contributed by atoms with E-state index in [1.54, 1.807) is 6.92 Å². The van der Waals surface area contributed by atoms with Gasteiger partial charge in [0, 0.05) is 11.8 Å². The molecule has 1 aliphatic rings. The average molecular weight is 205 g/mol. The van der Waals surface area contributed by atoms with Crippen LogP contribution in [0.4, 0.5) is 0 Å². The van der Waals surface area contributed by atoms with Crippen LogP contribution in [0, 0.1) is 0 Å². The lowest BCUT2D eigenvalue weighted by Gasteiger charge is -2.22. The summed E-state index contributed by atoms with van der Waals surface area (Å²) in [7, 11) is -2.76. The number of hydrogen-bond acceptors (Lipinski definition) is 3. The Hall–Kier alpha value is -0.0900. The third kappa shape index (κ3) is 4.09. The minimum atomic E-state index is -2.76. The first kappa shape index (κ1) is 11.0. The standard InChI is InChI=1S/C9H19NO2S/c1-2-13(11,12)8-6-9-5-3-4-7-10-9/h9-10H,2-8H2,1H3/t9-/m1/s1. The van der Waals surface area contributed by atoms with Crippen LogP contribution in [0.15, 0.2) is 0 Å². The number of sulfone groups is 1. The second kappa shape index (κ2) is 4.96. The van der Waals surface area contributed by atoms with Gasteiger partial charge in [0.1, 0.15) is 9.84 Å². The summed E-state index contributed by atoms with van der Waals surface area (Å²) in [5, 5.41) is 3.35. The molecule has 0 saturated carbocycles. The fourth-order valence-electron chi connectivity index (χ4n) is 1.64. The van der Waals surface area contributed by atoms with E-state index in [2.05, 4.69) is 5.32 Å². The lowest BCUT2D eigenvalue weighted by molar-refractivity contribution is 0.392. The molecule has 0 radical (unpaired) electrons. The number of hydrogen-bond donors (Lipinski definition) is 1. The van der Waals surface area contributed by atoms with Gasteiger partial charge in [0.2, 0.25) is 0 Å². The second-order valence-electron chi connectivity index (χ2n) is 3.67. The Morgan fingerprint density at radius 2 is 2.15 bits per heavy atom. The molecule has 1 heterocycles. The maximum Gasteiger partial charge on any atom is 0.150 e. The highest BCUT2D eigenvalue weighted by molar-refractivity contribution is 7.91. The molecule has 0 amide bonds. The van der Waals surface area contributed by atoms with E-state index in [0.717, 1.165) is 19.4 Å². The fraction of sp³-hybridized carbons (Fsp3) is 1.00. The summed E-state index contributed by atoms with van der Waals surface area (Å²) in [5.74, 6) is 0.626. The molecule has 0 bridgehead atoms. The van der Waals surface area contributed by atoms with E-state index in [1.165, 1.54) is 12.8 Å². The van der Waals surface area contributed by atoms with Gasteiger partial charge in [-0.15, -0.1) is 0 Å². The first-order valence-corrected chi connectivity index (χ1v) is 6.90. The zero-order chi connectivity index (χ0) is 9.73. The molecule has 4 heteroatoms. The van der Waals surface area contributed by atoms with Crippen LogP contribution in [0.5, 0.6) is 0 Å².